The summed E-state index contributed by atoms with van der Waals surface area (Å²) in [6.45, 7) is 1.71. The summed E-state index contributed by atoms with van der Waals surface area (Å²) in [6, 6.07) is 0. The van der Waals surface area contributed by atoms with E-state index >= 15 is 0 Å². The Labute approximate surface area is 213 Å². The van der Waals surface area contributed by atoms with Crippen molar-refractivity contribution >= 4 is 13.8 Å². The largest absolute Gasteiger partial charge is 0.756 e. The second-order valence-corrected chi connectivity index (χ2v) is 11.3. The molecule has 0 fully saturated rings. The number of allylic oxidation sites excluding steroid dienone is 4. The van der Waals surface area contributed by atoms with Crippen LogP contribution in [0.3, 0.4) is 0 Å². The summed E-state index contributed by atoms with van der Waals surface area (Å²) < 4.78 is 27.0. The highest BCUT2D eigenvalue weighted by molar-refractivity contribution is 7.45. The summed E-state index contributed by atoms with van der Waals surface area (Å²) in [6.07, 6.45) is 20.2. The van der Waals surface area contributed by atoms with E-state index in [0.717, 1.165) is 38.5 Å². The molecule has 0 amide bonds. The van der Waals surface area contributed by atoms with Crippen molar-refractivity contribution in [1.29, 1.82) is 0 Å². The van der Waals surface area contributed by atoms with E-state index in [-0.39, 0.29) is 13.0 Å². The normalized spacial score (nSPS) is 15.0. The molecule has 35 heavy (non-hydrogen) atoms. The lowest BCUT2D eigenvalue weighted by Gasteiger charge is -2.28. The number of phosphoric acid groups is 1. The molecule has 0 aliphatic heterocycles. The van der Waals surface area contributed by atoms with Gasteiger partial charge in [0.1, 0.15) is 19.3 Å². The third kappa shape index (κ3) is 24.5. The molecule has 206 valence electrons. The van der Waals surface area contributed by atoms with Gasteiger partial charge in [-0.05, 0) is 38.5 Å². The second-order valence-electron chi connectivity index (χ2n) is 9.87. The molecule has 0 heterocycles. The van der Waals surface area contributed by atoms with Crippen LogP contribution in [0, 0.1) is 0 Å². The number of quaternary nitrogens is 1. The maximum absolute atomic E-state index is 12.0. The van der Waals surface area contributed by atoms with Crippen LogP contribution in [-0.2, 0) is 23.1 Å². The van der Waals surface area contributed by atoms with E-state index in [1.54, 1.807) is 0 Å². The minimum atomic E-state index is -4.51. The summed E-state index contributed by atoms with van der Waals surface area (Å²) in [5.41, 5.74) is 0. The highest BCUT2D eigenvalue weighted by atomic mass is 31.2. The molecule has 0 saturated heterocycles. The summed E-state index contributed by atoms with van der Waals surface area (Å²) in [5, 5.41) is 9.36. The predicted octanol–water partition coefficient (Wildman–Crippen LogP) is 4.91. The number of phosphoric ester groups is 1. The summed E-state index contributed by atoms with van der Waals surface area (Å²) in [5.74, 6) is -0.468. The lowest BCUT2D eigenvalue weighted by atomic mass is 10.1. The number of aliphatic hydroxyl groups is 1. The second kappa shape index (κ2) is 21.1. The van der Waals surface area contributed by atoms with Crippen molar-refractivity contribution in [3.05, 3.63) is 24.3 Å². The zero-order valence-electron chi connectivity index (χ0n) is 22.5. The number of likely N-dealkylation sites (N-methyl/N-ethyl adjacent to an activating group) is 1. The molecule has 0 aliphatic rings. The summed E-state index contributed by atoms with van der Waals surface area (Å²) in [7, 11) is 1.22. The van der Waals surface area contributed by atoms with E-state index in [0.29, 0.717) is 17.4 Å². The van der Waals surface area contributed by atoms with Crippen LogP contribution in [0.5, 0.6) is 0 Å². The highest BCUT2D eigenvalue weighted by Crippen LogP contribution is 2.38. The number of carbonyl (C=O) groups excluding carboxylic acids is 1. The van der Waals surface area contributed by atoms with E-state index < -0.39 is 33.1 Å². The van der Waals surface area contributed by atoms with Crippen molar-refractivity contribution in [2.45, 2.75) is 90.1 Å². The van der Waals surface area contributed by atoms with Gasteiger partial charge in [0.2, 0.25) is 0 Å². The summed E-state index contributed by atoms with van der Waals surface area (Å²) >= 11 is 0. The van der Waals surface area contributed by atoms with Gasteiger partial charge in [0.15, 0.2) is 0 Å². The van der Waals surface area contributed by atoms with Gasteiger partial charge >= 0.3 is 5.97 Å². The third-order valence-corrected chi connectivity index (χ3v) is 6.23. The fraction of sp³-hybridized carbons (Fsp3) is 0.808. The average molecular weight is 520 g/mol. The van der Waals surface area contributed by atoms with Gasteiger partial charge in [-0.2, -0.15) is 0 Å². The number of hydrogen-bond donors (Lipinski definition) is 1. The fourth-order valence-electron chi connectivity index (χ4n) is 3.09. The average Bonchev–Trinajstić information content (AvgIpc) is 2.78. The highest BCUT2D eigenvalue weighted by Gasteiger charge is 2.19. The Hall–Kier alpha value is -1.02. The van der Waals surface area contributed by atoms with E-state index in [9.17, 15) is 19.4 Å². The van der Waals surface area contributed by atoms with Crippen LogP contribution in [0.1, 0.15) is 84.0 Å². The van der Waals surface area contributed by atoms with Gasteiger partial charge in [0.05, 0.1) is 34.4 Å². The fourth-order valence-corrected chi connectivity index (χ4v) is 3.82. The van der Waals surface area contributed by atoms with Gasteiger partial charge in [-0.1, -0.05) is 63.3 Å². The molecule has 0 rings (SSSR count). The van der Waals surface area contributed by atoms with Crippen LogP contribution in [0.4, 0.5) is 0 Å². The number of nitrogens with zero attached hydrogens (tertiary/aromatic N) is 1. The number of rotatable bonds is 23. The van der Waals surface area contributed by atoms with Crippen molar-refractivity contribution in [3.8, 4) is 0 Å². The van der Waals surface area contributed by atoms with Gasteiger partial charge in [0.25, 0.3) is 7.82 Å². The molecule has 0 saturated carbocycles. The zero-order valence-corrected chi connectivity index (χ0v) is 23.4. The number of carbonyl (C=O) groups is 1. The lowest BCUT2D eigenvalue weighted by molar-refractivity contribution is -0.870. The number of ether oxygens (including phenoxy) is 1. The Kier molecular flexibility index (Phi) is 20.5. The molecule has 0 aromatic rings. The van der Waals surface area contributed by atoms with E-state index in [2.05, 4.69) is 31.2 Å². The monoisotopic (exact) mass is 519 g/mol. The van der Waals surface area contributed by atoms with Gasteiger partial charge in [0, 0.05) is 6.42 Å². The Morgan fingerprint density at radius 2 is 1.54 bits per heavy atom. The molecular formula is C26H50NO7P. The molecule has 2 atom stereocenters. The minimum Gasteiger partial charge on any atom is -0.756 e. The molecule has 0 spiro atoms. The first-order valence-electron chi connectivity index (χ1n) is 13.1. The Balaban J connectivity index is 3.80. The molecule has 0 aromatic heterocycles. The van der Waals surface area contributed by atoms with E-state index in [1.807, 2.05) is 21.1 Å². The van der Waals surface area contributed by atoms with Crippen LogP contribution in [0.2, 0.25) is 0 Å². The number of aliphatic hydroxyl groups excluding tert-OH is 1. The Bertz CT molecular complexity index is 632. The van der Waals surface area contributed by atoms with E-state index in [1.165, 1.54) is 25.7 Å². The minimum absolute atomic E-state index is 0.0132. The quantitative estimate of drug-likeness (QED) is 0.0672. The molecule has 2 unspecified atom stereocenters. The van der Waals surface area contributed by atoms with Crippen LogP contribution >= 0.6 is 7.82 Å². The first-order chi connectivity index (χ1) is 16.6. The van der Waals surface area contributed by atoms with Crippen LogP contribution < -0.4 is 4.89 Å². The van der Waals surface area contributed by atoms with Crippen molar-refractivity contribution in [2.24, 2.45) is 0 Å². The van der Waals surface area contributed by atoms with E-state index in [4.69, 9.17) is 13.8 Å². The van der Waals surface area contributed by atoms with Gasteiger partial charge < -0.3 is 28.3 Å². The molecule has 0 aliphatic carbocycles. The van der Waals surface area contributed by atoms with Gasteiger partial charge in [-0.3, -0.25) is 9.36 Å². The van der Waals surface area contributed by atoms with Crippen molar-refractivity contribution in [2.75, 3.05) is 47.5 Å². The maximum Gasteiger partial charge on any atom is 0.306 e. The van der Waals surface area contributed by atoms with Gasteiger partial charge in [-0.25, -0.2) is 0 Å². The van der Waals surface area contributed by atoms with Crippen molar-refractivity contribution < 1.29 is 37.6 Å². The molecule has 1 N–H and O–H groups in total. The zero-order chi connectivity index (χ0) is 26.4. The third-order valence-electron chi connectivity index (χ3n) is 5.26. The van der Waals surface area contributed by atoms with Crippen LogP contribution in [0.25, 0.3) is 0 Å². The topological polar surface area (TPSA) is 105 Å². The number of hydrogen-bond acceptors (Lipinski definition) is 7. The Morgan fingerprint density at radius 3 is 2.14 bits per heavy atom. The summed E-state index contributed by atoms with van der Waals surface area (Å²) in [4.78, 5) is 23.8. The van der Waals surface area contributed by atoms with Crippen molar-refractivity contribution in [1.82, 2.24) is 0 Å². The first kappa shape index (κ1) is 34.0. The SMILES string of the molecule is CCCCCC=CCC=CCCCCCCCC(=O)OC(CO)COP(=O)([O-])OCC[N+](C)(C)C. The van der Waals surface area contributed by atoms with Crippen LogP contribution in [0.15, 0.2) is 24.3 Å². The molecule has 0 aromatic carbocycles. The van der Waals surface area contributed by atoms with Crippen molar-refractivity contribution in [3.63, 3.8) is 0 Å². The Morgan fingerprint density at radius 1 is 0.943 bits per heavy atom. The predicted molar refractivity (Wildman–Crippen MR) is 139 cm³/mol. The standard InChI is InChI=1S/C26H50NO7P/c1-5-6-7-8-9-10-11-12-13-14-15-16-17-18-19-20-26(29)34-25(23-28)24-33-35(30,31)32-22-21-27(2,3)4/h9-10,12-13,25,28H,5-8,11,14-24H2,1-4H3. The first-order valence-corrected chi connectivity index (χ1v) is 14.6. The van der Waals surface area contributed by atoms with Crippen LogP contribution in [-0.4, -0.2) is 69.2 Å². The van der Waals surface area contributed by atoms with Gasteiger partial charge in [-0.15, -0.1) is 0 Å². The number of esters is 1. The molecule has 9 heteroatoms. The molecule has 8 nitrogen and oxygen atoms in total. The molecule has 0 bridgehead atoms. The molecule has 0 radical (unpaired) electrons. The molecular weight excluding hydrogens is 469 g/mol. The maximum atomic E-state index is 12.0. The smallest absolute Gasteiger partial charge is 0.306 e. The number of unbranched alkanes of at least 4 members (excludes halogenated alkanes) is 8. The lowest BCUT2D eigenvalue weighted by Crippen LogP contribution is -2.37.